The molecule has 11 nitrogen and oxygen atoms in total. The Bertz CT molecular complexity index is 640. The first-order chi connectivity index (χ1) is 9.61. The number of tetrazole rings is 1. The maximum Gasteiger partial charge on any atom is 0.315 e. The zero-order valence-corrected chi connectivity index (χ0v) is 10.1. The van der Waals surface area contributed by atoms with Gasteiger partial charge in [-0.05, 0) is 11.3 Å². The molecule has 0 spiro atoms. The van der Waals surface area contributed by atoms with Crippen LogP contribution in [0.5, 0.6) is 11.5 Å². The number of phenolic OH excluding ortho intramolecular Hbond substituents is 1. The van der Waals surface area contributed by atoms with Gasteiger partial charge in [0, 0.05) is 11.6 Å². The molecule has 1 aromatic heterocycles. The van der Waals surface area contributed by atoms with E-state index in [1.165, 1.54) is 19.4 Å². The highest BCUT2D eigenvalue weighted by atomic mass is 16.6. The van der Waals surface area contributed by atoms with E-state index >= 15 is 0 Å². The molecule has 0 unspecified atom stereocenters. The summed E-state index contributed by atoms with van der Waals surface area (Å²) < 4.78 is 4.85. The van der Waals surface area contributed by atoms with E-state index in [9.17, 15) is 15.2 Å². The zero-order chi connectivity index (χ0) is 14.5. The number of anilines is 1. The highest BCUT2D eigenvalue weighted by Gasteiger charge is 2.19. The van der Waals surface area contributed by atoms with Crippen molar-refractivity contribution in [3.8, 4) is 11.5 Å². The average molecular weight is 279 g/mol. The Morgan fingerprint density at radius 2 is 2.40 bits per heavy atom. The second-order valence-electron chi connectivity index (χ2n) is 3.45. The lowest BCUT2D eigenvalue weighted by molar-refractivity contribution is -0.386. The minimum atomic E-state index is -0.720. The standard InChI is InChI=1S/C9H9N7O4/c1-20-7-3-5(2-6(8(7)17)16(18)19)4-10-11-9-12-14-15-13-9/h2-4,17H,1H3,(H2,11,12,13,14,15). The van der Waals surface area contributed by atoms with Gasteiger partial charge in [-0.1, -0.05) is 5.10 Å². The molecule has 2 rings (SSSR count). The number of aromatic hydroxyl groups is 1. The Hall–Kier alpha value is -3.24. The number of methoxy groups -OCH3 is 1. The molecule has 2 aromatic rings. The van der Waals surface area contributed by atoms with Crippen molar-refractivity contribution in [1.29, 1.82) is 0 Å². The fraction of sp³-hybridized carbons (Fsp3) is 0.111. The molecule has 104 valence electrons. The summed E-state index contributed by atoms with van der Waals surface area (Å²) in [5.41, 5.74) is 2.32. The number of hydrazone groups is 1. The van der Waals surface area contributed by atoms with Crippen molar-refractivity contribution in [3.63, 3.8) is 0 Å². The lowest BCUT2D eigenvalue weighted by Crippen LogP contribution is -1.96. The lowest BCUT2D eigenvalue weighted by Gasteiger charge is -2.04. The van der Waals surface area contributed by atoms with Gasteiger partial charge in [0.25, 0.3) is 5.95 Å². The van der Waals surface area contributed by atoms with Crippen LogP contribution in [-0.4, -0.2) is 44.0 Å². The van der Waals surface area contributed by atoms with Crippen molar-refractivity contribution in [2.24, 2.45) is 5.10 Å². The van der Waals surface area contributed by atoms with Gasteiger partial charge in [0.05, 0.1) is 18.2 Å². The predicted molar refractivity (Wildman–Crippen MR) is 66.7 cm³/mol. The molecule has 0 aliphatic heterocycles. The first-order valence-corrected chi connectivity index (χ1v) is 5.19. The van der Waals surface area contributed by atoms with Gasteiger partial charge < -0.3 is 9.84 Å². The van der Waals surface area contributed by atoms with E-state index in [1.807, 2.05) is 0 Å². The number of H-pyrrole nitrogens is 1. The Morgan fingerprint density at radius 3 is 3.00 bits per heavy atom. The number of nitrogens with one attached hydrogen (secondary N) is 2. The summed E-state index contributed by atoms with van der Waals surface area (Å²) in [5, 5.41) is 36.9. The number of phenols is 1. The number of aromatic amines is 1. The van der Waals surface area contributed by atoms with Crippen LogP contribution in [0, 0.1) is 10.1 Å². The Balaban J connectivity index is 2.25. The van der Waals surface area contributed by atoms with Crippen LogP contribution >= 0.6 is 0 Å². The third-order valence-electron chi connectivity index (χ3n) is 2.22. The maximum absolute atomic E-state index is 10.8. The topological polar surface area (TPSA) is 151 Å². The number of aromatic nitrogens is 4. The SMILES string of the molecule is COc1cc(C=NNc2nn[nH]n2)cc([N+](=O)[O-])c1O. The molecule has 0 atom stereocenters. The van der Waals surface area contributed by atoms with Crippen LogP contribution in [0.15, 0.2) is 17.2 Å². The fourth-order valence-corrected chi connectivity index (χ4v) is 1.36. The van der Waals surface area contributed by atoms with E-state index in [2.05, 4.69) is 31.2 Å². The highest BCUT2D eigenvalue weighted by molar-refractivity contribution is 5.83. The Morgan fingerprint density at radius 1 is 1.60 bits per heavy atom. The molecule has 0 amide bonds. The largest absolute Gasteiger partial charge is 0.500 e. The molecule has 1 aromatic carbocycles. The molecule has 0 saturated heterocycles. The molecule has 0 aliphatic carbocycles. The van der Waals surface area contributed by atoms with Crippen molar-refractivity contribution >= 4 is 17.9 Å². The number of ether oxygens (including phenoxy) is 1. The van der Waals surface area contributed by atoms with E-state index < -0.39 is 16.4 Å². The van der Waals surface area contributed by atoms with Crippen LogP contribution in [0.25, 0.3) is 0 Å². The van der Waals surface area contributed by atoms with E-state index in [0.29, 0.717) is 5.56 Å². The first kappa shape index (κ1) is 13.2. The van der Waals surface area contributed by atoms with Crippen LogP contribution in [0.3, 0.4) is 0 Å². The number of hydrogen-bond donors (Lipinski definition) is 3. The van der Waals surface area contributed by atoms with Gasteiger partial charge in [0.2, 0.25) is 5.75 Å². The van der Waals surface area contributed by atoms with Gasteiger partial charge >= 0.3 is 5.69 Å². The zero-order valence-electron chi connectivity index (χ0n) is 10.1. The number of nitro benzene ring substituents is 1. The van der Waals surface area contributed by atoms with Gasteiger partial charge in [0.15, 0.2) is 5.75 Å². The van der Waals surface area contributed by atoms with Crippen LogP contribution in [0.4, 0.5) is 11.6 Å². The summed E-state index contributed by atoms with van der Waals surface area (Å²) in [5.74, 6) is -0.428. The molecule has 0 fully saturated rings. The minimum absolute atomic E-state index is 0.0276. The second kappa shape index (κ2) is 5.60. The summed E-state index contributed by atoms with van der Waals surface area (Å²) in [6, 6.07) is 2.54. The van der Waals surface area contributed by atoms with Crippen molar-refractivity contribution in [1.82, 2.24) is 20.6 Å². The number of rotatable bonds is 5. The van der Waals surface area contributed by atoms with Crippen molar-refractivity contribution in [2.45, 2.75) is 0 Å². The summed E-state index contributed by atoms with van der Waals surface area (Å²) in [7, 11) is 1.29. The van der Waals surface area contributed by atoms with E-state index in [4.69, 9.17) is 4.74 Å². The van der Waals surface area contributed by atoms with Crippen molar-refractivity contribution in [2.75, 3.05) is 12.5 Å². The van der Waals surface area contributed by atoms with Gasteiger partial charge in [-0.3, -0.25) is 10.1 Å². The normalized spacial score (nSPS) is 10.7. The smallest absolute Gasteiger partial charge is 0.315 e. The van der Waals surface area contributed by atoms with Gasteiger partial charge in [-0.2, -0.15) is 10.3 Å². The summed E-state index contributed by atoms with van der Waals surface area (Å²) in [4.78, 5) is 10.1. The molecule has 11 heteroatoms. The van der Waals surface area contributed by atoms with Gasteiger partial charge in [0.1, 0.15) is 0 Å². The van der Waals surface area contributed by atoms with E-state index in [1.54, 1.807) is 0 Å². The molecule has 0 radical (unpaired) electrons. The van der Waals surface area contributed by atoms with Gasteiger partial charge in [-0.15, -0.1) is 5.10 Å². The highest BCUT2D eigenvalue weighted by Crippen LogP contribution is 2.36. The third kappa shape index (κ3) is 2.77. The Labute approximate surface area is 111 Å². The number of benzene rings is 1. The van der Waals surface area contributed by atoms with Crippen LogP contribution in [0.2, 0.25) is 0 Å². The number of hydrogen-bond acceptors (Lipinski definition) is 9. The van der Waals surface area contributed by atoms with Crippen molar-refractivity contribution < 1.29 is 14.8 Å². The first-order valence-electron chi connectivity index (χ1n) is 5.19. The van der Waals surface area contributed by atoms with Crippen LogP contribution in [-0.2, 0) is 0 Å². The number of nitrogens with zero attached hydrogens (tertiary/aromatic N) is 5. The van der Waals surface area contributed by atoms with E-state index in [-0.39, 0.29) is 11.7 Å². The van der Waals surface area contributed by atoms with Crippen LogP contribution < -0.4 is 10.2 Å². The molecule has 20 heavy (non-hydrogen) atoms. The molecular weight excluding hydrogens is 270 g/mol. The third-order valence-corrected chi connectivity index (χ3v) is 2.22. The Kier molecular flexibility index (Phi) is 3.70. The molecule has 0 aliphatic rings. The monoisotopic (exact) mass is 279 g/mol. The number of nitro groups is 1. The molecule has 3 N–H and O–H groups in total. The predicted octanol–water partition coefficient (Wildman–Crippen LogP) is 0.268. The summed E-state index contributed by atoms with van der Waals surface area (Å²) >= 11 is 0. The molecule has 0 bridgehead atoms. The fourth-order valence-electron chi connectivity index (χ4n) is 1.36. The summed E-state index contributed by atoms with van der Waals surface area (Å²) in [6.45, 7) is 0. The average Bonchev–Trinajstić information content (AvgIpc) is 2.93. The van der Waals surface area contributed by atoms with Crippen LogP contribution in [0.1, 0.15) is 5.56 Å². The second-order valence-corrected chi connectivity index (χ2v) is 3.45. The van der Waals surface area contributed by atoms with E-state index in [0.717, 1.165) is 6.07 Å². The van der Waals surface area contributed by atoms with Gasteiger partial charge in [-0.25, -0.2) is 5.43 Å². The minimum Gasteiger partial charge on any atom is -0.500 e. The molecular formula is C9H9N7O4. The summed E-state index contributed by atoms with van der Waals surface area (Å²) in [6.07, 6.45) is 1.28. The molecule has 1 heterocycles. The van der Waals surface area contributed by atoms with Crippen molar-refractivity contribution in [3.05, 3.63) is 27.8 Å². The quantitative estimate of drug-likeness (QED) is 0.400. The maximum atomic E-state index is 10.8. The lowest BCUT2D eigenvalue weighted by atomic mass is 10.2. The molecule has 0 saturated carbocycles.